The van der Waals surface area contributed by atoms with E-state index in [1.54, 1.807) is 11.3 Å². The highest BCUT2D eigenvalue weighted by atomic mass is 32.1. The number of hydrogen-bond donors (Lipinski definition) is 1. The second kappa shape index (κ2) is 6.22. The molecule has 2 rings (SSSR count). The number of anilines is 1. The molecule has 1 aromatic heterocycles. The van der Waals surface area contributed by atoms with Crippen LogP contribution in [0.5, 0.6) is 0 Å². The van der Waals surface area contributed by atoms with Crippen LogP contribution in [0.4, 0.5) is 10.1 Å². The van der Waals surface area contributed by atoms with Gasteiger partial charge in [-0.05, 0) is 39.0 Å². The molecule has 1 atom stereocenters. The normalized spacial score (nSPS) is 12.0. The molecule has 0 aliphatic heterocycles. The number of esters is 1. The monoisotopic (exact) mass is 308 g/mol. The molecule has 0 fully saturated rings. The highest BCUT2D eigenvalue weighted by molar-refractivity contribution is 7.11. The summed E-state index contributed by atoms with van der Waals surface area (Å²) in [6.07, 6.45) is 0. The largest absolute Gasteiger partial charge is 0.465 e. The number of rotatable bonds is 4. The van der Waals surface area contributed by atoms with E-state index in [-0.39, 0.29) is 11.7 Å². The maximum Gasteiger partial charge on any atom is 0.337 e. The van der Waals surface area contributed by atoms with E-state index >= 15 is 0 Å². The lowest BCUT2D eigenvalue weighted by Crippen LogP contribution is -2.11. The van der Waals surface area contributed by atoms with E-state index in [2.05, 4.69) is 15.0 Å². The summed E-state index contributed by atoms with van der Waals surface area (Å²) in [6, 6.07) is 3.94. The molecule has 0 aliphatic carbocycles. The topological polar surface area (TPSA) is 51.2 Å². The third kappa shape index (κ3) is 3.39. The minimum absolute atomic E-state index is 0.155. The van der Waals surface area contributed by atoms with Gasteiger partial charge in [-0.15, -0.1) is 11.3 Å². The van der Waals surface area contributed by atoms with E-state index < -0.39 is 11.8 Å². The lowest BCUT2D eigenvalue weighted by Gasteiger charge is -2.15. The van der Waals surface area contributed by atoms with Crippen molar-refractivity contribution in [3.8, 4) is 0 Å². The number of benzene rings is 1. The first-order valence-corrected chi connectivity index (χ1v) is 7.32. The van der Waals surface area contributed by atoms with E-state index in [9.17, 15) is 9.18 Å². The van der Waals surface area contributed by atoms with E-state index in [0.29, 0.717) is 5.56 Å². The van der Waals surface area contributed by atoms with Gasteiger partial charge in [0.1, 0.15) is 5.82 Å². The molecular weight excluding hydrogens is 291 g/mol. The van der Waals surface area contributed by atoms with Crippen molar-refractivity contribution in [2.45, 2.75) is 26.8 Å². The number of thiazole rings is 1. The summed E-state index contributed by atoms with van der Waals surface area (Å²) in [5.41, 5.74) is 1.45. The fraction of sp³-hybridized carbons (Fsp3) is 0.333. The molecule has 1 N–H and O–H groups in total. The molecule has 112 valence electrons. The van der Waals surface area contributed by atoms with Gasteiger partial charge in [0.2, 0.25) is 0 Å². The van der Waals surface area contributed by atoms with Gasteiger partial charge in [0, 0.05) is 4.88 Å². The molecule has 0 aliphatic rings. The quantitative estimate of drug-likeness (QED) is 0.871. The Labute approximate surface area is 127 Å². The predicted octanol–water partition coefficient (Wildman–Crippen LogP) is 3.86. The van der Waals surface area contributed by atoms with E-state index in [1.165, 1.54) is 25.3 Å². The molecule has 0 spiro atoms. The highest BCUT2D eigenvalue weighted by Gasteiger charge is 2.16. The number of carbonyl (C=O) groups excluding carboxylic acids is 1. The average Bonchev–Trinajstić information content (AvgIpc) is 2.79. The summed E-state index contributed by atoms with van der Waals surface area (Å²) >= 11 is 1.60. The van der Waals surface area contributed by atoms with Crippen LogP contribution >= 0.6 is 11.3 Å². The summed E-state index contributed by atoms with van der Waals surface area (Å²) in [6.45, 7) is 5.83. The Morgan fingerprint density at radius 2 is 2.14 bits per heavy atom. The Morgan fingerprint density at radius 1 is 1.43 bits per heavy atom. The summed E-state index contributed by atoms with van der Waals surface area (Å²) < 4.78 is 18.5. The zero-order chi connectivity index (χ0) is 15.6. The first kappa shape index (κ1) is 15.4. The predicted molar refractivity (Wildman–Crippen MR) is 81.4 cm³/mol. The summed E-state index contributed by atoms with van der Waals surface area (Å²) in [4.78, 5) is 17.1. The molecule has 1 heterocycles. The fourth-order valence-electron chi connectivity index (χ4n) is 2.13. The van der Waals surface area contributed by atoms with Crippen LogP contribution in [0.15, 0.2) is 18.2 Å². The van der Waals surface area contributed by atoms with Crippen LogP contribution in [0, 0.1) is 19.7 Å². The Kier molecular flexibility index (Phi) is 4.57. The fourth-order valence-corrected chi connectivity index (χ4v) is 3.04. The molecule has 1 aromatic carbocycles. The standard InChI is InChI=1S/C15H17FN2O2S/c1-8(14-9(2)21-10(3)18-14)17-13-7-11(15(19)20-4)5-6-12(13)16/h5-8,17H,1-4H3. The van der Waals surface area contributed by atoms with Crippen LogP contribution in [-0.2, 0) is 4.74 Å². The maximum atomic E-state index is 13.9. The van der Waals surface area contributed by atoms with Crippen molar-refractivity contribution in [1.29, 1.82) is 0 Å². The lowest BCUT2D eigenvalue weighted by molar-refractivity contribution is 0.0600. The minimum atomic E-state index is -0.494. The van der Waals surface area contributed by atoms with Gasteiger partial charge >= 0.3 is 5.97 Å². The van der Waals surface area contributed by atoms with Gasteiger partial charge in [-0.3, -0.25) is 0 Å². The van der Waals surface area contributed by atoms with Gasteiger partial charge < -0.3 is 10.1 Å². The molecule has 0 saturated heterocycles. The SMILES string of the molecule is COC(=O)c1ccc(F)c(NC(C)c2nc(C)sc2C)c1. The number of halogens is 1. The highest BCUT2D eigenvalue weighted by Crippen LogP contribution is 2.27. The zero-order valence-electron chi connectivity index (χ0n) is 12.4. The van der Waals surface area contributed by atoms with Crippen molar-refractivity contribution in [3.05, 3.63) is 45.2 Å². The van der Waals surface area contributed by atoms with Gasteiger partial charge in [0.15, 0.2) is 0 Å². The van der Waals surface area contributed by atoms with Gasteiger partial charge in [-0.2, -0.15) is 0 Å². The van der Waals surface area contributed by atoms with Crippen LogP contribution < -0.4 is 5.32 Å². The van der Waals surface area contributed by atoms with Crippen LogP contribution in [-0.4, -0.2) is 18.1 Å². The van der Waals surface area contributed by atoms with Crippen molar-refractivity contribution in [1.82, 2.24) is 4.98 Å². The Bertz CT molecular complexity index is 670. The van der Waals surface area contributed by atoms with Crippen LogP contribution in [0.2, 0.25) is 0 Å². The van der Waals surface area contributed by atoms with Crippen LogP contribution in [0.25, 0.3) is 0 Å². The van der Waals surface area contributed by atoms with Crippen LogP contribution in [0.1, 0.15) is 38.9 Å². The molecule has 0 radical (unpaired) electrons. The number of ether oxygens (including phenoxy) is 1. The number of carbonyl (C=O) groups is 1. The third-order valence-corrected chi connectivity index (χ3v) is 4.01. The molecule has 0 saturated carbocycles. The molecule has 2 aromatic rings. The molecule has 0 bridgehead atoms. The van der Waals surface area contributed by atoms with E-state index in [1.807, 2.05) is 20.8 Å². The summed E-state index contributed by atoms with van der Waals surface area (Å²) in [5, 5.41) is 4.03. The Morgan fingerprint density at radius 3 is 2.71 bits per heavy atom. The first-order chi connectivity index (χ1) is 9.92. The second-order valence-corrected chi connectivity index (χ2v) is 6.13. The molecular formula is C15H17FN2O2S. The number of aryl methyl sites for hydroxylation is 2. The summed E-state index contributed by atoms with van der Waals surface area (Å²) in [5.74, 6) is -0.912. The molecule has 4 nitrogen and oxygen atoms in total. The van der Waals surface area contributed by atoms with E-state index in [4.69, 9.17) is 0 Å². The number of aromatic nitrogens is 1. The van der Waals surface area contributed by atoms with Crippen molar-refractivity contribution >= 4 is 23.0 Å². The third-order valence-electron chi connectivity index (χ3n) is 3.11. The van der Waals surface area contributed by atoms with Gasteiger partial charge in [0.25, 0.3) is 0 Å². The maximum absolute atomic E-state index is 13.9. The number of hydrogen-bond acceptors (Lipinski definition) is 5. The summed E-state index contributed by atoms with van der Waals surface area (Å²) in [7, 11) is 1.29. The number of nitrogens with zero attached hydrogens (tertiary/aromatic N) is 1. The number of nitrogens with one attached hydrogen (secondary N) is 1. The van der Waals surface area contributed by atoms with Crippen molar-refractivity contribution in [3.63, 3.8) is 0 Å². The molecule has 21 heavy (non-hydrogen) atoms. The molecule has 6 heteroatoms. The van der Waals surface area contributed by atoms with Crippen LogP contribution in [0.3, 0.4) is 0 Å². The Hall–Kier alpha value is -1.95. The second-order valence-electron chi connectivity index (χ2n) is 4.73. The van der Waals surface area contributed by atoms with E-state index in [0.717, 1.165) is 15.6 Å². The number of methoxy groups -OCH3 is 1. The van der Waals surface area contributed by atoms with Gasteiger partial charge in [0.05, 0.1) is 35.1 Å². The molecule has 1 unspecified atom stereocenters. The minimum Gasteiger partial charge on any atom is -0.465 e. The van der Waals surface area contributed by atoms with Crippen molar-refractivity contribution < 1.29 is 13.9 Å². The smallest absolute Gasteiger partial charge is 0.337 e. The van der Waals surface area contributed by atoms with Gasteiger partial charge in [-0.25, -0.2) is 14.2 Å². The first-order valence-electron chi connectivity index (χ1n) is 6.50. The molecule has 0 amide bonds. The van der Waals surface area contributed by atoms with Crippen molar-refractivity contribution in [2.75, 3.05) is 12.4 Å². The zero-order valence-corrected chi connectivity index (χ0v) is 13.2. The Balaban J connectivity index is 2.26. The average molecular weight is 308 g/mol. The van der Waals surface area contributed by atoms with Gasteiger partial charge in [-0.1, -0.05) is 0 Å². The lowest BCUT2D eigenvalue weighted by atomic mass is 10.1. The van der Waals surface area contributed by atoms with Crippen molar-refractivity contribution in [2.24, 2.45) is 0 Å².